The van der Waals surface area contributed by atoms with Gasteiger partial charge in [-0.25, -0.2) is 0 Å². The number of para-hydroxylation sites is 1. The van der Waals surface area contributed by atoms with Gasteiger partial charge >= 0.3 is 0 Å². The minimum Gasteiger partial charge on any atom is -0.507 e. The zero-order valence-electron chi connectivity index (χ0n) is 20.8. The van der Waals surface area contributed by atoms with E-state index in [9.17, 15) is 14.7 Å². The molecule has 5 nitrogen and oxygen atoms in total. The minimum atomic E-state index is -0.655. The maximum Gasteiger partial charge on any atom is 0.295 e. The van der Waals surface area contributed by atoms with Crippen molar-refractivity contribution in [2.24, 2.45) is 0 Å². The number of aromatic nitrogens is 1. The topological polar surface area (TPSA) is 73.4 Å². The number of carbonyl (C=O) groups excluding carboxylic acids is 2. The van der Waals surface area contributed by atoms with E-state index in [-0.39, 0.29) is 11.3 Å². The number of hydrogen-bond acceptors (Lipinski definition) is 3. The number of H-pyrrole nitrogens is 1. The summed E-state index contributed by atoms with van der Waals surface area (Å²) < 4.78 is 0. The molecule has 182 valence electrons. The number of rotatable bonds is 6. The minimum absolute atomic E-state index is 0.138. The molecular formula is C31H30N2O3. The van der Waals surface area contributed by atoms with Crippen LogP contribution < -0.4 is 0 Å². The van der Waals surface area contributed by atoms with Crippen LogP contribution in [0.2, 0.25) is 0 Å². The standard InChI is InChI=1S/C31H30N2O3/c1-19(2)21-12-14-22(15-13-21)28-27(29(34)23-10-8-20(3)9-11-23)30(35)31(36)33(28)17-16-24-18-32-26-7-5-4-6-25(24)26/h4-15,18-19,28,32,34H,16-17H2,1-3H3/t28-/m0/s1. The van der Waals surface area contributed by atoms with Crippen molar-refractivity contribution in [2.45, 2.75) is 39.2 Å². The molecular weight excluding hydrogens is 448 g/mol. The summed E-state index contributed by atoms with van der Waals surface area (Å²) in [7, 11) is 0. The molecule has 5 heteroatoms. The monoisotopic (exact) mass is 478 g/mol. The van der Waals surface area contributed by atoms with Crippen LogP contribution in [0.15, 0.2) is 84.6 Å². The second-order valence-electron chi connectivity index (χ2n) is 9.79. The molecule has 4 aromatic rings. The Morgan fingerprint density at radius 3 is 2.36 bits per heavy atom. The molecule has 0 unspecified atom stereocenters. The first-order valence-corrected chi connectivity index (χ1v) is 12.4. The highest BCUT2D eigenvalue weighted by Crippen LogP contribution is 2.40. The molecule has 1 atom stereocenters. The first-order chi connectivity index (χ1) is 17.3. The lowest BCUT2D eigenvalue weighted by Gasteiger charge is -2.25. The van der Waals surface area contributed by atoms with Gasteiger partial charge in [0.25, 0.3) is 11.7 Å². The molecule has 0 aliphatic carbocycles. The number of likely N-dealkylation sites (tertiary alicyclic amines) is 1. The number of nitrogens with one attached hydrogen (secondary N) is 1. The number of amides is 1. The van der Waals surface area contributed by atoms with Gasteiger partial charge in [0, 0.05) is 29.2 Å². The number of ketones is 1. The highest BCUT2D eigenvalue weighted by atomic mass is 16.3. The van der Waals surface area contributed by atoms with E-state index in [0.717, 1.165) is 27.6 Å². The number of aliphatic hydroxyl groups is 1. The van der Waals surface area contributed by atoms with Crippen LogP contribution in [0.3, 0.4) is 0 Å². The van der Waals surface area contributed by atoms with E-state index in [4.69, 9.17) is 0 Å². The first-order valence-electron chi connectivity index (χ1n) is 12.4. The molecule has 1 fully saturated rings. The maximum atomic E-state index is 13.3. The number of benzene rings is 3. The number of carbonyl (C=O) groups is 2. The number of aliphatic hydroxyl groups excluding tert-OH is 1. The van der Waals surface area contributed by atoms with Gasteiger partial charge in [-0.2, -0.15) is 0 Å². The van der Waals surface area contributed by atoms with Gasteiger partial charge < -0.3 is 15.0 Å². The van der Waals surface area contributed by atoms with Crippen LogP contribution in [-0.4, -0.2) is 33.2 Å². The van der Waals surface area contributed by atoms with Crippen molar-refractivity contribution in [3.63, 3.8) is 0 Å². The van der Waals surface area contributed by atoms with E-state index in [0.29, 0.717) is 24.4 Å². The third-order valence-electron chi connectivity index (χ3n) is 7.08. The SMILES string of the molecule is Cc1ccc(C(O)=C2C(=O)C(=O)N(CCc3c[nH]c4ccccc34)[C@H]2c2ccc(C(C)C)cc2)cc1. The Morgan fingerprint density at radius 1 is 0.972 bits per heavy atom. The largest absolute Gasteiger partial charge is 0.507 e. The summed E-state index contributed by atoms with van der Waals surface area (Å²) in [6.07, 6.45) is 2.54. The van der Waals surface area contributed by atoms with Gasteiger partial charge in [-0.1, -0.05) is 86.1 Å². The molecule has 1 saturated heterocycles. The fourth-order valence-electron chi connectivity index (χ4n) is 4.97. The van der Waals surface area contributed by atoms with Crippen molar-refractivity contribution in [1.82, 2.24) is 9.88 Å². The Bertz CT molecular complexity index is 1460. The third-order valence-corrected chi connectivity index (χ3v) is 7.08. The number of hydrogen-bond donors (Lipinski definition) is 2. The van der Waals surface area contributed by atoms with Gasteiger partial charge in [0.2, 0.25) is 0 Å². The molecule has 0 spiro atoms. The van der Waals surface area contributed by atoms with Crippen molar-refractivity contribution in [1.29, 1.82) is 0 Å². The lowest BCUT2D eigenvalue weighted by atomic mass is 9.93. The van der Waals surface area contributed by atoms with E-state index in [1.165, 1.54) is 5.56 Å². The third kappa shape index (κ3) is 4.22. The number of aryl methyl sites for hydroxylation is 1. The second-order valence-corrected chi connectivity index (χ2v) is 9.79. The number of fused-ring (bicyclic) bond motifs is 1. The van der Waals surface area contributed by atoms with Crippen molar-refractivity contribution < 1.29 is 14.7 Å². The zero-order valence-corrected chi connectivity index (χ0v) is 20.8. The van der Waals surface area contributed by atoms with Crippen LogP contribution >= 0.6 is 0 Å². The molecule has 1 aliphatic heterocycles. The van der Waals surface area contributed by atoms with E-state index in [2.05, 4.69) is 24.9 Å². The fourth-order valence-corrected chi connectivity index (χ4v) is 4.97. The lowest BCUT2D eigenvalue weighted by Crippen LogP contribution is -2.31. The van der Waals surface area contributed by atoms with Gasteiger partial charge in [0.1, 0.15) is 5.76 Å². The van der Waals surface area contributed by atoms with Crippen molar-refractivity contribution in [3.05, 3.63) is 112 Å². The van der Waals surface area contributed by atoms with Crippen LogP contribution in [-0.2, 0) is 16.0 Å². The molecule has 0 radical (unpaired) electrons. The van der Waals surface area contributed by atoms with Gasteiger partial charge in [-0.3, -0.25) is 9.59 Å². The molecule has 2 heterocycles. The molecule has 1 aromatic heterocycles. The van der Waals surface area contributed by atoms with Crippen LogP contribution in [0, 0.1) is 6.92 Å². The number of Topliss-reactive ketones (excluding diaryl/α,β-unsaturated/α-hetero) is 1. The molecule has 1 amide bonds. The van der Waals surface area contributed by atoms with Crippen molar-refractivity contribution >= 4 is 28.4 Å². The summed E-state index contributed by atoms with van der Waals surface area (Å²) >= 11 is 0. The Morgan fingerprint density at radius 2 is 1.67 bits per heavy atom. The summed E-state index contributed by atoms with van der Waals surface area (Å²) in [5.41, 5.74) is 5.82. The summed E-state index contributed by atoms with van der Waals surface area (Å²) in [5, 5.41) is 12.4. The van der Waals surface area contributed by atoms with Crippen LogP contribution in [0.4, 0.5) is 0 Å². The molecule has 5 rings (SSSR count). The van der Waals surface area contributed by atoms with Crippen LogP contribution in [0.25, 0.3) is 16.7 Å². The first kappa shape index (κ1) is 23.6. The van der Waals surface area contributed by atoms with Crippen molar-refractivity contribution in [3.8, 4) is 0 Å². The Hall–Kier alpha value is -4.12. The summed E-state index contributed by atoms with van der Waals surface area (Å²) in [6, 6.07) is 22.7. The molecule has 2 N–H and O–H groups in total. The summed E-state index contributed by atoms with van der Waals surface area (Å²) in [6.45, 7) is 6.57. The van der Waals surface area contributed by atoms with E-state index in [1.54, 1.807) is 17.0 Å². The molecule has 0 bridgehead atoms. The van der Waals surface area contributed by atoms with Crippen LogP contribution in [0.5, 0.6) is 0 Å². The predicted molar refractivity (Wildman–Crippen MR) is 143 cm³/mol. The second kappa shape index (κ2) is 9.50. The summed E-state index contributed by atoms with van der Waals surface area (Å²) in [4.78, 5) is 31.5. The fraction of sp³-hybridized carbons (Fsp3) is 0.226. The molecule has 36 heavy (non-hydrogen) atoms. The lowest BCUT2D eigenvalue weighted by molar-refractivity contribution is -0.139. The molecule has 0 saturated carbocycles. The van der Waals surface area contributed by atoms with Gasteiger partial charge in [0.05, 0.1) is 11.6 Å². The Balaban J connectivity index is 1.56. The Kier molecular flexibility index (Phi) is 6.23. The van der Waals surface area contributed by atoms with E-state index in [1.807, 2.05) is 67.7 Å². The van der Waals surface area contributed by atoms with Crippen LogP contribution in [0.1, 0.15) is 53.6 Å². The van der Waals surface area contributed by atoms with Gasteiger partial charge in [0.15, 0.2) is 0 Å². The van der Waals surface area contributed by atoms with E-state index >= 15 is 0 Å². The Labute approximate surface area is 211 Å². The average molecular weight is 479 g/mol. The quantitative estimate of drug-likeness (QED) is 0.195. The number of aromatic amines is 1. The predicted octanol–water partition coefficient (Wildman–Crippen LogP) is 6.26. The number of nitrogens with zero attached hydrogens (tertiary/aromatic N) is 1. The van der Waals surface area contributed by atoms with E-state index < -0.39 is 17.7 Å². The maximum absolute atomic E-state index is 13.3. The van der Waals surface area contributed by atoms with Gasteiger partial charge in [-0.05, 0) is 42.0 Å². The zero-order chi connectivity index (χ0) is 25.4. The highest BCUT2D eigenvalue weighted by molar-refractivity contribution is 6.46. The average Bonchev–Trinajstić information content (AvgIpc) is 3.41. The summed E-state index contributed by atoms with van der Waals surface area (Å²) in [5.74, 6) is -1.01. The van der Waals surface area contributed by atoms with Crippen molar-refractivity contribution in [2.75, 3.05) is 6.54 Å². The smallest absolute Gasteiger partial charge is 0.295 e. The normalized spacial score (nSPS) is 17.4. The molecule has 3 aromatic carbocycles. The highest BCUT2D eigenvalue weighted by Gasteiger charge is 2.45. The molecule has 1 aliphatic rings. The van der Waals surface area contributed by atoms with Gasteiger partial charge in [-0.15, -0.1) is 0 Å².